The second-order valence-electron chi connectivity index (χ2n) is 5.64. The molecule has 2 heterocycles. The molecular weight excluding hydrogens is 216 g/mol. The number of carbonyl (C=O) groups excluding carboxylic acids is 2. The number of amides is 2. The van der Waals surface area contributed by atoms with Crippen molar-refractivity contribution >= 4 is 11.8 Å². The van der Waals surface area contributed by atoms with Crippen molar-refractivity contribution in [3.8, 4) is 0 Å². The van der Waals surface area contributed by atoms with E-state index in [1.165, 1.54) is 0 Å². The SMILES string of the molecule is CCN1C[C@H]2CN(C(=O)CC(C)C)C[C@H]2C1=O. The summed E-state index contributed by atoms with van der Waals surface area (Å²) in [6.07, 6.45) is 0.602. The standard InChI is InChI=1S/C13H22N2O2/c1-4-14-6-10-7-15(8-11(10)13(14)17)12(16)5-9(2)3/h9-11H,4-8H2,1-3H3/t10-,11+/m0/s1. The third-order valence-corrected chi connectivity index (χ3v) is 3.84. The Bertz CT molecular complexity index is 327. The molecule has 17 heavy (non-hydrogen) atoms. The van der Waals surface area contributed by atoms with Crippen molar-refractivity contribution < 1.29 is 9.59 Å². The number of rotatable bonds is 3. The molecule has 0 unspecified atom stereocenters. The zero-order chi connectivity index (χ0) is 12.6. The summed E-state index contributed by atoms with van der Waals surface area (Å²) in [6, 6.07) is 0. The first-order chi connectivity index (χ1) is 8.02. The molecule has 2 aliphatic rings. The fourth-order valence-electron chi connectivity index (χ4n) is 2.91. The van der Waals surface area contributed by atoms with E-state index < -0.39 is 0 Å². The predicted molar refractivity (Wildman–Crippen MR) is 65.3 cm³/mol. The zero-order valence-corrected chi connectivity index (χ0v) is 11.0. The van der Waals surface area contributed by atoms with Gasteiger partial charge in [-0.15, -0.1) is 0 Å². The van der Waals surface area contributed by atoms with Crippen LogP contribution < -0.4 is 0 Å². The molecule has 2 atom stereocenters. The van der Waals surface area contributed by atoms with Gasteiger partial charge in [-0.3, -0.25) is 9.59 Å². The molecular formula is C13H22N2O2. The van der Waals surface area contributed by atoms with Gasteiger partial charge in [0.05, 0.1) is 5.92 Å². The van der Waals surface area contributed by atoms with Crippen LogP contribution in [0.4, 0.5) is 0 Å². The highest BCUT2D eigenvalue weighted by atomic mass is 16.2. The second kappa shape index (κ2) is 4.67. The van der Waals surface area contributed by atoms with Crippen molar-refractivity contribution in [3.05, 3.63) is 0 Å². The molecule has 2 aliphatic heterocycles. The number of fused-ring (bicyclic) bond motifs is 1. The van der Waals surface area contributed by atoms with Crippen molar-refractivity contribution in [2.75, 3.05) is 26.2 Å². The number of likely N-dealkylation sites (tertiary alicyclic amines) is 2. The smallest absolute Gasteiger partial charge is 0.227 e. The van der Waals surface area contributed by atoms with Gasteiger partial charge in [-0.2, -0.15) is 0 Å². The van der Waals surface area contributed by atoms with Crippen LogP contribution in [-0.2, 0) is 9.59 Å². The molecule has 0 N–H and O–H groups in total. The summed E-state index contributed by atoms with van der Waals surface area (Å²) in [7, 11) is 0. The average molecular weight is 238 g/mol. The maximum atomic E-state index is 12.0. The van der Waals surface area contributed by atoms with Gasteiger partial charge in [-0.25, -0.2) is 0 Å². The molecule has 0 radical (unpaired) electrons. The second-order valence-corrected chi connectivity index (χ2v) is 5.64. The fourth-order valence-corrected chi connectivity index (χ4v) is 2.91. The van der Waals surface area contributed by atoms with E-state index in [4.69, 9.17) is 0 Å². The van der Waals surface area contributed by atoms with Crippen LogP contribution in [0.1, 0.15) is 27.2 Å². The number of carbonyl (C=O) groups is 2. The fraction of sp³-hybridized carbons (Fsp3) is 0.846. The molecule has 0 bridgehead atoms. The van der Waals surface area contributed by atoms with Gasteiger partial charge in [0.15, 0.2) is 0 Å². The number of hydrogen-bond donors (Lipinski definition) is 0. The van der Waals surface area contributed by atoms with Crippen molar-refractivity contribution in [2.24, 2.45) is 17.8 Å². The Morgan fingerprint density at radius 1 is 1.35 bits per heavy atom. The van der Waals surface area contributed by atoms with Crippen molar-refractivity contribution in [1.82, 2.24) is 9.80 Å². The normalized spacial score (nSPS) is 28.1. The lowest BCUT2D eigenvalue weighted by Crippen LogP contribution is -2.35. The lowest BCUT2D eigenvalue weighted by Gasteiger charge is -2.21. The van der Waals surface area contributed by atoms with Crippen LogP contribution in [0.3, 0.4) is 0 Å². The summed E-state index contributed by atoms with van der Waals surface area (Å²) in [5.74, 6) is 1.30. The van der Waals surface area contributed by atoms with Crippen LogP contribution in [0.15, 0.2) is 0 Å². The first-order valence-electron chi connectivity index (χ1n) is 6.59. The molecule has 2 fully saturated rings. The van der Waals surface area contributed by atoms with Gasteiger partial charge in [0.1, 0.15) is 0 Å². The summed E-state index contributed by atoms with van der Waals surface area (Å²) in [6.45, 7) is 9.18. The Hall–Kier alpha value is -1.06. The molecule has 2 rings (SSSR count). The lowest BCUT2D eigenvalue weighted by molar-refractivity contribution is -0.133. The Morgan fingerprint density at radius 2 is 2.06 bits per heavy atom. The van der Waals surface area contributed by atoms with Crippen LogP contribution in [0.5, 0.6) is 0 Å². The van der Waals surface area contributed by atoms with Crippen molar-refractivity contribution in [2.45, 2.75) is 27.2 Å². The molecule has 2 amide bonds. The summed E-state index contributed by atoms with van der Waals surface area (Å²) in [4.78, 5) is 27.7. The molecule has 96 valence electrons. The van der Waals surface area contributed by atoms with Gasteiger partial charge in [-0.05, 0) is 12.8 Å². The van der Waals surface area contributed by atoms with Gasteiger partial charge in [-0.1, -0.05) is 13.8 Å². The molecule has 0 aromatic carbocycles. The molecule has 0 spiro atoms. The van der Waals surface area contributed by atoms with E-state index in [0.717, 1.165) is 19.6 Å². The maximum absolute atomic E-state index is 12.0. The van der Waals surface area contributed by atoms with Crippen LogP contribution >= 0.6 is 0 Å². The van der Waals surface area contributed by atoms with Gasteiger partial charge < -0.3 is 9.80 Å². The van der Waals surface area contributed by atoms with E-state index in [9.17, 15) is 9.59 Å². The Balaban J connectivity index is 1.94. The summed E-state index contributed by atoms with van der Waals surface area (Å²) in [5.41, 5.74) is 0. The minimum absolute atomic E-state index is 0.0751. The minimum atomic E-state index is 0.0751. The topological polar surface area (TPSA) is 40.6 Å². The van der Waals surface area contributed by atoms with Gasteiger partial charge in [0.2, 0.25) is 11.8 Å². The minimum Gasteiger partial charge on any atom is -0.342 e. The maximum Gasteiger partial charge on any atom is 0.227 e. The highest BCUT2D eigenvalue weighted by Crippen LogP contribution is 2.32. The molecule has 4 heteroatoms. The van der Waals surface area contributed by atoms with Crippen molar-refractivity contribution in [1.29, 1.82) is 0 Å². The van der Waals surface area contributed by atoms with Crippen molar-refractivity contribution in [3.63, 3.8) is 0 Å². The average Bonchev–Trinajstić information content (AvgIpc) is 2.77. The quantitative estimate of drug-likeness (QED) is 0.735. The van der Waals surface area contributed by atoms with Gasteiger partial charge in [0, 0.05) is 38.5 Å². The van der Waals surface area contributed by atoms with E-state index in [-0.39, 0.29) is 17.7 Å². The summed E-state index contributed by atoms with van der Waals surface area (Å²) in [5, 5.41) is 0. The Labute approximate surface area is 103 Å². The van der Waals surface area contributed by atoms with Crippen LogP contribution in [0.2, 0.25) is 0 Å². The van der Waals surface area contributed by atoms with E-state index in [2.05, 4.69) is 13.8 Å². The van der Waals surface area contributed by atoms with E-state index in [1.807, 2.05) is 16.7 Å². The Morgan fingerprint density at radius 3 is 2.59 bits per heavy atom. The third-order valence-electron chi connectivity index (χ3n) is 3.84. The molecule has 0 aromatic rings. The lowest BCUT2D eigenvalue weighted by atomic mass is 10.0. The Kier molecular flexibility index (Phi) is 3.40. The van der Waals surface area contributed by atoms with Gasteiger partial charge in [0.25, 0.3) is 0 Å². The highest BCUT2D eigenvalue weighted by molar-refractivity contribution is 5.84. The van der Waals surface area contributed by atoms with E-state index >= 15 is 0 Å². The molecule has 0 saturated carbocycles. The number of hydrogen-bond acceptors (Lipinski definition) is 2. The van der Waals surface area contributed by atoms with Crippen LogP contribution in [0.25, 0.3) is 0 Å². The first-order valence-corrected chi connectivity index (χ1v) is 6.59. The monoisotopic (exact) mass is 238 g/mol. The van der Waals surface area contributed by atoms with E-state index in [1.54, 1.807) is 0 Å². The molecule has 0 aliphatic carbocycles. The predicted octanol–water partition coefficient (Wildman–Crippen LogP) is 0.969. The molecule has 2 saturated heterocycles. The van der Waals surface area contributed by atoms with Gasteiger partial charge >= 0.3 is 0 Å². The van der Waals surface area contributed by atoms with Crippen LogP contribution in [-0.4, -0.2) is 47.8 Å². The summed E-state index contributed by atoms with van der Waals surface area (Å²) >= 11 is 0. The highest BCUT2D eigenvalue weighted by Gasteiger charge is 2.46. The largest absolute Gasteiger partial charge is 0.342 e. The third kappa shape index (κ3) is 2.31. The summed E-state index contributed by atoms with van der Waals surface area (Å²) < 4.78 is 0. The first kappa shape index (κ1) is 12.4. The number of nitrogens with zero attached hydrogens (tertiary/aromatic N) is 2. The molecule has 4 nitrogen and oxygen atoms in total. The zero-order valence-electron chi connectivity index (χ0n) is 11.0. The van der Waals surface area contributed by atoms with Crippen LogP contribution in [0, 0.1) is 17.8 Å². The van der Waals surface area contributed by atoms with E-state index in [0.29, 0.717) is 24.8 Å². The molecule has 0 aromatic heterocycles.